The van der Waals surface area contributed by atoms with Gasteiger partial charge in [-0.2, -0.15) is 26.3 Å². The summed E-state index contributed by atoms with van der Waals surface area (Å²) in [7, 11) is 1.33. The lowest BCUT2D eigenvalue weighted by Gasteiger charge is -2.17. The van der Waals surface area contributed by atoms with Gasteiger partial charge >= 0.3 is 18.3 Å². The van der Waals surface area contributed by atoms with Crippen molar-refractivity contribution in [3.63, 3.8) is 0 Å². The molecule has 0 saturated carbocycles. The highest BCUT2D eigenvalue weighted by Gasteiger charge is 2.38. The standard InChI is InChI=1S/C22H15F6NO5/c1-34-13-4-5-17-14(7-13)15(18(30)8-19(31)20(32)33)10-29(17)9-11-2-3-12(21(23,24)25)6-16(11)22(26,27)28/h2-8,10,30H,9H2,1H3,(H,32,33)/b18-8+. The molecular formula is C22H15F6NO5. The van der Waals surface area contributed by atoms with Gasteiger partial charge in [0.15, 0.2) is 0 Å². The zero-order valence-electron chi connectivity index (χ0n) is 17.2. The van der Waals surface area contributed by atoms with E-state index in [2.05, 4.69) is 0 Å². The molecule has 180 valence electrons. The number of halogens is 6. The van der Waals surface area contributed by atoms with E-state index in [4.69, 9.17) is 9.84 Å². The van der Waals surface area contributed by atoms with Crippen molar-refractivity contribution in [2.75, 3.05) is 7.11 Å². The summed E-state index contributed by atoms with van der Waals surface area (Å²) in [5, 5.41) is 19.3. The van der Waals surface area contributed by atoms with Crippen LogP contribution < -0.4 is 4.74 Å². The van der Waals surface area contributed by atoms with Gasteiger partial charge in [-0.05, 0) is 35.9 Å². The van der Waals surface area contributed by atoms with Crippen LogP contribution in [0, 0.1) is 0 Å². The molecule has 0 atom stereocenters. The lowest BCUT2D eigenvalue weighted by atomic mass is 10.0. The molecule has 0 aliphatic heterocycles. The van der Waals surface area contributed by atoms with Gasteiger partial charge < -0.3 is 19.5 Å². The number of rotatable bonds is 6. The first-order valence-electron chi connectivity index (χ1n) is 9.35. The highest BCUT2D eigenvalue weighted by atomic mass is 19.4. The van der Waals surface area contributed by atoms with Crippen LogP contribution in [0.3, 0.4) is 0 Å². The van der Waals surface area contributed by atoms with E-state index in [1.165, 1.54) is 29.9 Å². The molecule has 0 aliphatic rings. The third kappa shape index (κ3) is 5.00. The molecule has 0 spiro atoms. The number of ketones is 1. The summed E-state index contributed by atoms with van der Waals surface area (Å²) in [5.74, 6) is -3.77. The van der Waals surface area contributed by atoms with Crippen molar-refractivity contribution in [2.45, 2.75) is 18.9 Å². The Morgan fingerprint density at radius 1 is 1.00 bits per heavy atom. The van der Waals surface area contributed by atoms with Gasteiger partial charge in [-0.3, -0.25) is 4.79 Å². The van der Waals surface area contributed by atoms with Gasteiger partial charge in [-0.1, -0.05) is 6.07 Å². The lowest BCUT2D eigenvalue weighted by Crippen LogP contribution is -2.15. The summed E-state index contributed by atoms with van der Waals surface area (Å²) >= 11 is 0. The van der Waals surface area contributed by atoms with Crippen molar-refractivity contribution in [3.8, 4) is 5.75 Å². The minimum Gasteiger partial charge on any atom is -0.507 e. The van der Waals surface area contributed by atoms with Crippen LogP contribution in [-0.4, -0.2) is 33.6 Å². The number of methoxy groups -OCH3 is 1. The molecule has 0 amide bonds. The van der Waals surface area contributed by atoms with Crippen molar-refractivity contribution in [2.24, 2.45) is 0 Å². The maximum Gasteiger partial charge on any atom is 0.416 e. The van der Waals surface area contributed by atoms with Gasteiger partial charge in [0.25, 0.3) is 5.78 Å². The molecule has 0 unspecified atom stereocenters. The zero-order valence-corrected chi connectivity index (χ0v) is 17.2. The van der Waals surface area contributed by atoms with E-state index >= 15 is 0 Å². The summed E-state index contributed by atoms with van der Waals surface area (Å²) in [5.41, 5.74) is -3.28. The van der Waals surface area contributed by atoms with Crippen molar-refractivity contribution < 1.29 is 50.9 Å². The molecule has 12 heteroatoms. The van der Waals surface area contributed by atoms with Gasteiger partial charge in [-0.25, -0.2) is 4.79 Å². The van der Waals surface area contributed by atoms with Crippen molar-refractivity contribution in [1.29, 1.82) is 0 Å². The number of carbonyl (C=O) groups is 2. The molecule has 1 aromatic heterocycles. The van der Waals surface area contributed by atoms with E-state index in [-0.39, 0.29) is 28.3 Å². The second kappa shape index (κ2) is 8.76. The second-order valence-electron chi connectivity index (χ2n) is 7.12. The Kier molecular flexibility index (Phi) is 6.36. The Morgan fingerprint density at radius 3 is 2.24 bits per heavy atom. The molecule has 0 saturated heterocycles. The average molecular weight is 487 g/mol. The van der Waals surface area contributed by atoms with Crippen LogP contribution in [0.4, 0.5) is 26.3 Å². The van der Waals surface area contributed by atoms with E-state index in [1.54, 1.807) is 0 Å². The topological polar surface area (TPSA) is 88.8 Å². The number of carbonyl (C=O) groups excluding carboxylic acids is 1. The third-order valence-electron chi connectivity index (χ3n) is 4.93. The number of carboxylic acid groups (broad SMARTS) is 1. The van der Waals surface area contributed by atoms with Crippen LogP contribution in [0.15, 0.2) is 48.7 Å². The SMILES string of the molecule is COc1ccc2c(c1)c(/C(O)=C\C(=O)C(=O)O)cn2Cc1ccc(C(F)(F)F)cc1C(F)(F)F. The predicted molar refractivity (Wildman–Crippen MR) is 107 cm³/mol. The van der Waals surface area contributed by atoms with Gasteiger partial charge in [0.05, 0.1) is 18.2 Å². The first-order valence-corrected chi connectivity index (χ1v) is 9.35. The van der Waals surface area contributed by atoms with E-state index in [9.17, 15) is 41.0 Å². The number of hydrogen-bond acceptors (Lipinski definition) is 4. The minimum atomic E-state index is -5.08. The monoisotopic (exact) mass is 487 g/mol. The fourth-order valence-electron chi connectivity index (χ4n) is 3.34. The van der Waals surface area contributed by atoms with E-state index in [0.717, 1.165) is 6.20 Å². The normalized spacial score (nSPS) is 12.7. The van der Waals surface area contributed by atoms with Crippen LogP contribution >= 0.6 is 0 Å². The summed E-state index contributed by atoms with van der Waals surface area (Å²) in [6.07, 6.45) is -8.47. The van der Waals surface area contributed by atoms with Crippen molar-refractivity contribution in [3.05, 3.63) is 70.9 Å². The van der Waals surface area contributed by atoms with Gasteiger partial charge in [0.2, 0.25) is 0 Å². The number of nitrogens with zero attached hydrogens (tertiary/aromatic N) is 1. The number of alkyl halides is 6. The Bertz CT molecular complexity index is 1300. The Morgan fingerprint density at radius 2 is 1.68 bits per heavy atom. The molecule has 3 aromatic rings. The molecule has 0 aliphatic carbocycles. The first-order chi connectivity index (χ1) is 15.7. The smallest absolute Gasteiger partial charge is 0.416 e. The van der Waals surface area contributed by atoms with Crippen LogP contribution in [0.5, 0.6) is 5.75 Å². The molecule has 2 N–H and O–H groups in total. The van der Waals surface area contributed by atoms with E-state index in [0.29, 0.717) is 18.2 Å². The molecule has 6 nitrogen and oxygen atoms in total. The number of fused-ring (bicyclic) bond motifs is 1. The zero-order chi connectivity index (χ0) is 25.4. The van der Waals surface area contributed by atoms with Gasteiger partial charge in [0, 0.05) is 35.3 Å². The predicted octanol–water partition coefficient (Wildman–Crippen LogP) is 5.29. The highest BCUT2D eigenvalue weighted by molar-refractivity contribution is 6.38. The Hall–Kier alpha value is -3.96. The van der Waals surface area contributed by atoms with Crippen molar-refractivity contribution >= 4 is 28.4 Å². The number of aliphatic hydroxyl groups is 1. The van der Waals surface area contributed by atoms with Crippen LogP contribution in [0.2, 0.25) is 0 Å². The number of aliphatic hydroxyl groups excluding tert-OH is 1. The quantitative estimate of drug-likeness (QED) is 0.214. The number of aliphatic carboxylic acids is 1. The fraction of sp³-hybridized carbons (Fsp3) is 0.182. The maximum atomic E-state index is 13.5. The minimum absolute atomic E-state index is 0.0217. The Labute approximate surface area is 187 Å². The van der Waals surface area contributed by atoms with Gasteiger partial charge in [-0.15, -0.1) is 0 Å². The second-order valence-corrected chi connectivity index (χ2v) is 7.12. The van der Waals surface area contributed by atoms with Gasteiger partial charge in [0.1, 0.15) is 11.5 Å². The number of aromatic nitrogens is 1. The molecule has 34 heavy (non-hydrogen) atoms. The largest absolute Gasteiger partial charge is 0.507 e. The highest BCUT2D eigenvalue weighted by Crippen LogP contribution is 2.38. The summed E-state index contributed by atoms with van der Waals surface area (Å²) in [4.78, 5) is 22.3. The molecule has 0 bridgehead atoms. The Balaban J connectivity index is 2.18. The summed E-state index contributed by atoms with van der Waals surface area (Å²) in [6.45, 7) is -0.546. The van der Waals surface area contributed by atoms with E-state index < -0.39 is 53.1 Å². The third-order valence-corrected chi connectivity index (χ3v) is 4.93. The fourth-order valence-corrected chi connectivity index (χ4v) is 3.34. The summed E-state index contributed by atoms with van der Waals surface area (Å²) < 4.78 is 85.8. The molecule has 1 heterocycles. The molecule has 0 fully saturated rings. The molecule has 0 radical (unpaired) electrons. The number of benzene rings is 2. The van der Waals surface area contributed by atoms with E-state index in [1.807, 2.05) is 0 Å². The van der Waals surface area contributed by atoms with Crippen LogP contribution in [0.1, 0.15) is 22.3 Å². The van der Waals surface area contributed by atoms with Crippen molar-refractivity contribution in [1.82, 2.24) is 4.57 Å². The maximum absolute atomic E-state index is 13.5. The first kappa shape index (κ1) is 24.7. The summed E-state index contributed by atoms with van der Waals surface area (Å²) in [6, 6.07) is 5.56. The molecule has 3 rings (SSSR count). The molecule has 2 aromatic carbocycles. The van der Waals surface area contributed by atoms with Crippen LogP contribution in [-0.2, 0) is 28.5 Å². The lowest BCUT2D eigenvalue weighted by molar-refractivity contribution is -0.146. The molecular weight excluding hydrogens is 472 g/mol. The van der Waals surface area contributed by atoms with Crippen LogP contribution in [0.25, 0.3) is 16.7 Å². The average Bonchev–Trinajstić information content (AvgIpc) is 3.10. The number of ether oxygens (including phenoxy) is 1. The number of hydrogen-bond donors (Lipinski definition) is 2. The number of carboxylic acids is 1.